The topological polar surface area (TPSA) is 29.3 Å². The van der Waals surface area contributed by atoms with E-state index >= 15 is 0 Å². The van der Waals surface area contributed by atoms with Crippen LogP contribution in [0, 0.1) is 20.8 Å². The molecule has 0 aromatic heterocycles. The van der Waals surface area contributed by atoms with E-state index in [0.717, 1.165) is 18.8 Å². The van der Waals surface area contributed by atoms with Gasteiger partial charge >= 0.3 is 0 Å². The molecular formula is C18H24N2. The fourth-order valence-corrected chi connectivity index (χ4v) is 2.46. The number of nitrogens with zero attached hydrogens (tertiary/aromatic N) is 1. The molecule has 0 aliphatic rings. The summed E-state index contributed by atoms with van der Waals surface area (Å²) in [5.74, 6) is 0. The van der Waals surface area contributed by atoms with Crippen molar-refractivity contribution in [3.8, 4) is 0 Å². The van der Waals surface area contributed by atoms with Gasteiger partial charge in [0.2, 0.25) is 0 Å². The second-order valence-electron chi connectivity index (χ2n) is 5.71. The van der Waals surface area contributed by atoms with Crippen LogP contribution in [0.2, 0.25) is 0 Å². The van der Waals surface area contributed by atoms with E-state index in [0.29, 0.717) is 0 Å². The zero-order chi connectivity index (χ0) is 14.7. The second-order valence-corrected chi connectivity index (χ2v) is 5.71. The van der Waals surface area contributed by atoms with Gasteiger partial charge in [0.1, 0.15) is 0 Å². The number of nitrogen functional groups attached to an aromatic ring is 1. The minimum Gasteiger partial charge on any atom is -0.399 e. The number of benzene rings is 2. The maximum atomic E-state index is 5.72. The first kappa shape index (κ1) is 14.6. The number of hydrogen-bond donors (Lipinski definition) is 1. The molecule has 0 bridgehead atoms. The average molecular weight is 268 g/mol. The third kappa shape index (κ3) is 3.40. The molecule has 2 rings (SSSR count). The van der Waals surface area contributed by atoms with E-state index in [2.05, 4.69) is 57.0 Å². The van der Waals surface area contributed by atoms with Crippen LogP contribution in [-0.2, 0) is 13.1 Å². The van der Waals surface area contributed by atoms with Crippen LogP contribution in [0.3, 0.4) is 0 Å². The van der Waals surface area contributed by atoms with Gasteiger partial charge < -0.3 is 5.73 Å². The van der Waals surface area contributed by atoms with Crippen LogP contribution < -0.4 is 5.73 Å². The lowest BCUT2D eigenvalue weighted by Gasteiger charge is -2.19. The van der Waals surface area contributed by atoms with Crippen LogP contribution in [0.15, 0.2) is 36.4 Å². The van der Waals surface area contributed by atoms with Gasteiger partial charge in [0.25, 0.3) is 0 Å². The number of nitrogens with two attached hydrogens (primary N) is 1. The van der Waals surface area contributed by atoms with Crippen LogP contribution in [-0.4, -0.2) is 11.9 Å². The van der Waals surface area contributed by atoms with Gasteiger partial charge in [-0.2, -0.15) is 0 Å². The molecular weight excluding hydrogens is 244 g/mol. The quantitative estimate of drug-likeness (QED) is 0.854. The van der Waals surface area contributed by atoms with Crippen molar-refractivity contribution in [1.29, 1.82) is 0 Å². The molecule has 0 radical (unpaired) electrons. The Hall–Kier alpha value is -1.80. The Morgan fingerprint density at radius 1 is 0.850 bits per heavy atom. The van der Waals surface area contributed by atoms with E-state index in [4.69, 9.17) is 5.73 Å². The predicted octanol–water partition coefficient (Wildman–Crippen LogP) is 3.83. The lowest BCUT2D eigenvalue weighted by atomic mass is 9.98. The van der Waals surface area contributed by atoms with E-state index in [-0.39, 0.29) is 0 Å². The first-order valence-corrected chi connectivity index (χ1v) is 7.06. The van der Waals surface area contributed by atoms with Gasteiger partial charge in [0.15, 0.2) is 0 Å². The number of rotatable bonds is 4. The molecule has 2 aromatic rings. The molecule has 0 spiro atoms. The van der Waals surface area contributed by atoms with Crippen LogP contribution in [0.1, 0.15) is 27.8 Å². The standard InChI is InChI=1S/C18H24N2/c1-13-5-8-17(15(3)14(13)2)12-20(4)11-16-6-9-18(19)10-7-16/h5-10H,11-12,19H2,1-4H3. The largest absolute Gasteiger partial charge is 0.399 e. The Morgan fingerprint density at radius 3 is 2.15 bits per heavy atom. The highest BCUT2D eigenvalue weighted by molar-refractivity contribution is 5.40. The summed E-state index contributed by atoms with van der Waals surface area (Å²) in [4.78, 5) is 2.34. The number of anilines is 1. The van der Waals surface area contributed by atoms with Crippen molar-refractivity contribution < 1.29 is 0 Å². The summed E-state index contributed by atoms with van der Waals surface area (Å²) in [6, 6.07) is 12.6. The van der Waals surface area contributed by atoms with E-state index < -0.39 is 0 Å². The van der Waals surface area contributed by atoms with Crippen molar-refractivity contribution in [2.45, 2.75) is 33.9 Å². The Bertz CT molecular complexity index is 585. The SMILES string of the molecule is Cc1ccc(CN(C)Cc2ccc(N)cc2)c(C)c1C. The van der Waals surface area contributed by atoms with Gasteiger partial charge in [-0.1, -0.05) is 24.3 Å². The fourth-order valence-electron chi connectivity index (χ4n) is 2.46. The molecule has 106 valence electrons. The van der Waals surface area contributed by atoms with Crippen molar-refractivity contribution in [3.63, 3.8) is 0 Å². The maximum Gasteiger partial charge on any atom is 0.0314 e. The first-order valence-electron chi connectivity index (χ1n) is 7.06. The fraction of sp³-hybridized carbons (Fsp3) is 0.333. The monoisotopic (exact) mass is 268 g/mol. The third-order valence-electron chi connectivity index (χ3n) is 4.04. The van der Waals surface area contributed by atoms with Crippen LogP contribution in [0.25, 0.3) is 0 Å². The number of hydrogen-bond acceptors (Lipinski definition) is 2. The molecule has 0 saturated carbocycles. The van der Waals surface area contributed by atoms with E-state index in [1.807, 2.05) is 12.1 Å². The molecule has 0 heterocycles. The molecule has 0 unspecified atom stereocenters. The maximum absolute atomic E-state index is 5.72. The number of aryl methyl sites for hydroxylation is 1. The smallest absolute Gasteiger partial charge is 0.0314 e. The van der Waals surface area contributed by atoms with Crippen LogP contribution in [0.4, 0.5) is 5.69 Å². The molecule has 0 saturated heterocycles. The second kappa shape index (κ2) is 6.10. The van der Waals surface area contributed by atoms with Gasteiger partial charge in [0, 0.05) is 18.8 Å². The Balaban J connectivity index is 2.06. The average Bonchev–Trinajstić information content (AvgIpc) is 2.42. The molecule has 0 aliphatic heterocycles. The van der Waals surface area contributed by atoms with Gasteiger partial charge in [0.05, 0.1) is 0 Å². The molecule has 0 fully saturated rings. The lowest BCUT2D eigenvalue weighted by Crippen LogP contribution is -2.18. The highest BCUT2D eigenvalue weighted by Gasteiger charge is 2.07. The van der Waals surface area contributed by atoms with Crippen molar-refractivity contribution in [1.82, 2.24) is 4.90 Å². The molecule has 2 N–H and O–H groups in total. The summed E-state index contributed by atoms with van der Waals surface area (Å²) in [6.07, 6.45) is 0. The summed E-state index contributed by atoms with van der Waals surface area (Å²) in [7, 11) is 2.16. The molecule has 2 heteroatoms. The summed E-state index contributed by atoms with van der Waals surface area (Å²) < 4.78 is 0. The van der Waals surface area contributed by atoms with Crippen molar-refractivity contribution in [3.05, 3.63) is 64.2 Å². The first-order chi connectivity index (χ1) is 9.47. The van der Waals surface area contributed by atoms with Gasteiger partial charge in [-0.05, 0) is 67.8 Å². The summed E-state index contributed by atoms with van der Waals surface area (Å²) in [5, 5.41) is 0. The minimum absolute atomic E-state index is 0.821. The zero-order valence-corrected chi connectivity index (χ0v) is 12.9. The highest BCUT2D eigenvalue weighted by Crippen LogP contribution is 2.19. The lowest BCUT2D eigenvalue weighted by molar-refractivity contribution is 0.318. The summed E-state index contributed by atoms with van der Waals surface area (Å²) in [6.45, 7) is 8.50. The highest BCUT2D eigenvalue weighted by atomic mass is 15.1. The summed E-state index contributed by atoms with van der Waals surface area (Å²) >= 11 is 0. The van der Waals surface area contributed by atoms with Crippen molar-refractivity contribution in [2.75, 3.05) is 12.8 Å². The Morgan fingerprint density at radius 2 is 1.50 bits per heavy atom. The minimum atomic E-state index is 0.821. The Kier molecular flexibility index (Phi) is 4.46. The molecule has 2 aromatic carbocycles. The van der Waals surface area contributed by atoms with E-state index in [1.54, 1.807) is 0 Å². The van der Waals surface area contributed by atoms with E-state index in [1.165, 1.54) is 27.8 Å². The van der Waals surface area contributed by atoms with E-state index in [9.17, 15) is 0 Å². The predicted molar refractivity (Wildman–Crippen MR) is 86.7 cm³/mol. The van der Waals surface area contributed by atoms with Crippen LogP contribution in [0.5, 0.6) is 0 Å². The Labute approximate surface area is 122 Å². The molecule has 20 heavy (non-hydrogen) atoms. The van der Waals surface area contributed by atoms with Crippen molar-refractivity contribution in [2.24, 2.45) is 0 Å². The van der Waals surface area contributed by atoms with Crippen LogP contribution >= 0.6 is 0 Å². The van der Waals surface area contributed by atoms with Gasteiger partial charge in [-0.25, -0.2) is 0 Å². The molecule has 2 nitrogen and oxygen atoms in total. The third-order valence-corrected chi connectivity index (χ3v) is 4.04. The van der Waals surface area contributed by atoms with Gasteiger partial charge in [-0.15, -0.1) is 0 Å². The normalized spacial score (nSPS) is 11.1. The molecule has 0 aliphatic carbocycles. The van der Waals surface area contributed by atoms with Gasteiger partial charge in [-0.3, -0.25) is 4.90 Å². The molecule has 0 amide bonds. The molecule has 0 atom stereocenters. The van der Waals surface area contributed by atoms with Crippen molar-refractivity contribution >= 4 is 5.69 Å². The summed E-state index contributed by atoms with van der Waals surface area (Å²) in [5.41, 5.74) is 13.4. The zero-order valence-electron chi connectivity index (χ0n) is 12.9.